The van der Waals surface area contributed by atoms with Gasteiger partial charge >= 0.3 is 11.9 Å². The van der Waals surface area contributed by atoms with E-state index >= 15 is 0 Å². The highest BCUT2D eigenvalue weighted by molar-refractivity contribution is 6.01. The van der Waals surface area contributed by atoms with E-state index in [-0.39, 0.29) is 72.7 Å². The third kappa shape index (κ3) is 19.1. The number of ketones is 2. The molecule has 18 heteroatoms. The van der Waals surface area contributed by atoms with Crippen LogP contribution in [0.4, 0.5) is 0 Å². The number of benzene rings is 2. The van der Waals surface area contributed by atoms with Crippen molar-refractivity contribution in [3.63, 3.8) is 0 Å². The largest absolute Gasteiger partial charge is 0.462 e. The van der Waals surface area contributed by atoms with Gasteiger partial charge in [0, 0.05) is 72.0 Å². The van der Waals surface area contributed by atoms with Crippen LogP contribution in [0.2, 0.25) is 0 Å². The highest BCUT2D eigenvalue weighted by Crippen LogP contribution is 2.16. The van der Waals surface area contributed by atoms with Crippen LogP contribution in [0.5, 0.6) is 0 Å². The van der Waals surface area contributed by atoms with E-state index in [0.29, 0.717) is 35.5 Å². The molecule has 346 valence electrons. The maximum atomic E-state index is 12.9. The zero-order chi connectivity index (χ0) is 47.9. The van der Waals surface area contributed by atoms with Crippen LogP contribution in [-0.4, -0.2) is 96.3 Å². The van der Waals surface area contributed by atoms with Crippen molar-refractivity contribution in [1.82, 2.24) is 21.6 Å². The van der Waals surface area contributed by atoms with Crippen LogP contribution in [0.3, 0.4) is 0 Å². The molecule has 0 bridgehead atoms. The second-order valence-corrected chi connectivity index (χ2v) is 15.5. The number of rotatable bonds is 25. The Morgan fingerprint density at radius 2 is 0.797 bits per heavy atom. The molecule has 0 aliphatic carbocycles. The Hall–Kier alpha value is -6.72. The molecular formula is C46H62N8O10. The molecule has 18 nitrogen and oxygen atoms in total. The first-order valence-electron chi connectivity index (χ1n) is 21.0. The Bertz CT molecular complexity index is 2140. The molecule has 4 atom stereocenters. The maximum Gasteiger partial charge on any atom is 0.306 e. The van der Waals surface area contributed by atoms with Crippen LogP contribution in [-0.2, 0) is 28.7 Å². The molecule has 0 aliphatic heterocycles. The molecule has 0 heterocycles. The van der Waals surface area contributed by atoms with Gasteiger partial charge in [0.1, 0.15) is 23.8 Å². The van der Waals surface area contributed by atoms with Crippen LogP contribution in [0.25, 0.3) is 0 Å². The van der Waals surface area contributed by atoms with E-state index < -0.39 is 53.7 Å². The predicted molar refractivity (Wildman–Crippen MR) is 243 cm³/mol. The first kappa shape index (κ1) is 53.4. The second kappa shape index (κ2) is 27.4. The number of hydrogen-bond acceptors (Lipinski definition) is 14. The van der Waals surface area contributed by atoms with Gasteiger partial charge in [0.2, 0.25) is 0 Å². The lowest BCUT2D eigenvalue weighted by molar-refractivity contribution is -0.153. The number of esters is 2. The lowest BCUT2D eigenvalue weighted by Gasteiger charge is -2.19. The molecule has 0 fully saturated rings. The number of carbonyl (C=O) groups excluding carboxylic acids is 8. The van der Waals surface area contributed by atoms with E-state index in [1.807, 2.05) is 6.92 Å². The standard InChI is InChI=1S/C46H62N8O10/c1-27(47-9)17-21-39(55)31(5)33(7)63-41(57)23-20-30(4)51-54-46(62)38-16-12-15-37(26-38)45(61)52-49-28(2)18-22-40(56)32(6)34(8)64-42(58)24-19-29(3)50-53-44(60)36-14-11-13-35(25-36)43(59)48-10/h11-16,25-26,31-34H,17-24H2,1-10H3,(H,48,59)(H,52,61)(H,53,60)(H,54,62)/b47-27?,49-28+,50-29+,51-30+. The maximum absolute atomic E-state index is 12.9. The summed E-state index contributed by atoms with van der Waals surface area (Å²) in [7, 11) is 3.16. The van der Waals surface area contributed by atoms with Gasteiger partial charge < -0.3 is 14.8 Å². The number of carbonyl (C=O) groups is 8. The minimum absolute atomic E-state index is 0.000275. The van der Waals surface area contributed by atoms with Gasteiger partial charge in [0.25, 0.3) is 23.6 Å². The fraction of sp³-hybridized carbons (Fsp3) is 0.478. The smallest absolute Gasteiger partial charge is 0.306 e. The molecule has 0 radical (unpaired) electrons. The van der Waals surface area contributed by atoms with Crippen LogP contribution >= 0.6 is 0 Å². The average molecular weight is 887 g/mol. The van der Waals surface area contributed by atoms with Gasteiger partial charge in [-0.1, -0.05) is 26.0 Å². The second-order valence-electron chi connectivity index (χ2n) is 15.5. The summed E-state index contributed by atoms with van der Waals surface area (Å²) in [6, 6.07) is 12.1. The van der Waals surface area contributed by atoms with Gasteiger partial charge in [0.15, 0.2) is 0 Å². The first-order valence-corrected chi connectivity index (χ1v) is 21.0. The number of hydrogen-bond donors (Lipinski definition) is 4. The summed E-state index contributed by atoms with van der Waals surface area (Å²) in [6.45, 7) is 13.5. The van der Waals surface area contributed by atoms with Crippen LogP contribution in [0, 0.1) is 11.8 Å². The minimum Gasteiger partial charge on any atom is -0.462 e. The molecule has 0 aliphatic rings. The van der Waals surface area contributed by atoms with Crippen molar-refractivity contribution >= 4 is 70.0 Å². The van der Waals surface area contributed by atoms with E-state index in [2.05, 4.69) is 41.9 Å². The van der Waals surface area contributed by atoms with Crippen molar-refractivity contribution in [2.45, 2.75) is 119 Å². The van der Waals surface area contributed by atoms with Gasteiger partial charge in [-0.3, -0.25) is 43.3 Å². The topological polar surface area (TPSA) is 253 Å². The number of nitrogens with zero attached hydrogens (tertiary/aromatic N) is 4. The van der Waals surface area contributed by atoms with Crippen LogP contribution in [0.15, 0.2) is 68.8 Å². The molecule has 2 aromatic carbocycles. The normalized spacial score (nSPS) is 14.0. The first-order chi connectivity index (χ1) is 30.2. The number of hydrazone groups is 3. The van der Waals surface area contributed by atoms with Gasteiger partial charge in [-0.25, -0.2) is 16.3 Å². The van der Waals surface area contributed by atoms with Crippen molar-refractivity contribution in [1.29, 1.82) is 0 Å². The number of ether oxygens (including phenoxy) is 2. The fourth-order valence-electron chi connectivity index (χ4n) is 5.55. The number of nitrogens with one attached hydrogen (secondary N) is 4. The average Bonchev–Trinajstić information content (AvgIpc) is 3.29. The fourth-order valence-corrected chi connectivity index (χ4v) is 5.55. The molecule has 2 rings (SSSR count). The van der Waals surface area contributed by atoms with Gasteiger partial charge in [-0.2, -0.15) is 15.3 Å². The Morgan fingerprint density at radius 3 is 1.12 bits per heavy atom. The molecule has 4 amide bonds. The van der Waals surface area contributed by atoms with E-state index in [1.54, 1.807) is 73.7 Å². The van der Waals surface area contributed by atoms with E-state index in [1.165, 1.54) is 37.4 Å². The summed E-state index contributed by atoms with van der Waals surface area (Å²) in [4.78, 5) is 104. The summed E-state index contributed by atoms with van der Waals surface area (Å²) in [5.74, 6) is -4.32. The molecule has 0 saturated heterocycles. The summed E-state index contributed by atoms with van der Waals surface area (Å²) < 4.78 is 10.9. The minimum atomic E-state index is -0.715. The number of aliphatic imine (C=N–C) groups is 1. The molecule has 4 unspecified atom stereocenters. The molecule has 2 aromatic rings. The van der Waals surface area contributed by atoms with E-state index in [9.17, 15) is 38.4 Å². The molecule has 0 aromatic heterocycles. The van der Waals surface area contributed by atoms with Crippen molar-refractivity contribution in [3.05, 3.63) is 70.8 Å². The van der Waals surface area contributed by atoms with Crippen molar-refractivity contribution in [3.8, 4) is 0 Å². The summed E-state index contributed by atoms with van der Waals surface area (Å²) in [5, 5.41) is 14.7. The monoisotopic (exact) mass is 886 g/mol. The summed E-state index contributed by atoms with van der Waals surface area (Å²) >= 11 is 0. The zero-order valence-electron chi connectivity index (χ0n) is 38.5. The summed E-state index contributed by atoms with van der Waals surface area (Å²) in [5.41, 5.74) is 10.4. The SMILES string of the molecule is CN=C(C)CCC(=O)C(C)C(C)OC(=O)CC/C(C)=N/NC(=O)c1cccc(C(=O)N/N=C(\C)CCC(=O)C(C)C(C)OC(=O)CC/C(C)=N/NC(=O)c2cccc(C(=O)NC)c2)c1. The van der Waals surface area contributed by atoms with E-state index in [4.69, 9.17) is 9.47 Å². The Labute approximate surface area is 374 Å². The predicted octanol–water partition coefficient (Wildman–Crippen LogP) is 5.55. The van der Waals surface area contributed by atoms with Gasteiger partial charge in [0.05, 0.1) is 24.7 Å². The molecule has 0 saturated carbocycles. The molecule has 64 heavy (non-hydrogen) atoms. The Morgan fingerprint density at radius 1 is 0.484 bits per heavy atom. The van der Waals surface area contributed by atoms with E-state index in [0.717, 1.165) is 5.71 Å². The molecular weight excluding hydrogens is 825 g/mol. The van der Waals surface area contributed by atoms with Crippen molar-refractivity contribution < 1.29 is 47.8 Å². The Balaban J connectivity index is 1.78. The van der Waals surface area contributed by atoms with Crippen molar-refractivity contribution in [2.24, 2.45) is 32.1 Å². The third-order valence-electron chi connectivity index (χ3n) is 10.3. The third-order valence-corrected chi connectivity index (χ3v) is 10.3. The molecule has 4 N–H and O–H groups in total. The molecule has 0 spiro atoms. The highest BCUT2D eigenvalue weighted by Gasteiger charge is 2.25. The number of amides is 4. The van der Waals surface area contributed by atoms with Gasteiger partial charge in [-0.15, -0.1) is 0 Å². The quantitative estimate of drug-likeness (QED) is 0.0550. The van der Waals surface area contributed by atoms with Crippen molar-refractivity contribution in [2.75, 3.05) is 14.1 Å². The summed E-state index contributed by atoms with van der Waals surface area (Å²) in [6.07, 6.45) is 0.245. The van der Waals surface area contributed by atoms with Crippen LogP contribution in [0.1, 0.15) is 148 Å². The lowest BCUT2D eigenvalue weighted by Crippen LogP contribution is -2.28. The van der Waals surface area contributed by atoms with Crippen LogP contribution < -0.4 is 21.6 Å². The Kier molecular flexibility index (Phi) is 22.8. The number of Topliss-reactive ketones (excluding diaryl/α,β-unsaturated/α-hetero) is 2. The zero-order valence-corrected chi connectivity index (χ0v) is 38.5. The lowest BCUT2D eigenvalue weighted by atomic mass is 9.96. The highest BCUT2D eigenvalue weighted by atomic mass is 16.5. The van der Waals surface area contributed by atoms with Gasteiger partial charge in [-0.05, 0) is 104 Å².